The molecule has 4 heteroatoms. The van der Waals surface area contributed by atoms with Gasteiger partial charge in [0, 0.05) is 40.1 Å². The highest BCUT2D eigenvalue weighted by atomic mass is 16.5. The Kier molecular flexibility index (Phi) is 3.90. The number of aryl methyl sites for hydroxylation is 1. The first kappa shape index (κ1) is 14.0. The Bertz CT molecular complexity index is 1430. The Hall–Kier alpha value is -3.11. The summed E-state index contributed by atoms with van der Waals surface area (Å²) in [6, 6.07) is 9.03. The second-order valence-electron chi connectivity index (χ2n) is 7.04. The summed E-state index contributed by atoms with van der Waals surface area (Å²) >= 11 is 0. The van der Waals surface area contributed by atoms with Crippen molar-refractivity contribution in [2.75, 3.05) is 7.11 Å². The van der Waals surface area contributed by atoms with E-state index in [1.165, 1.54) is 4.57 Å². The van der Waals surface area contributed by atoms with Gasteiger partial charge in [-0.2, -0.15) is 0 Å². The number of methoxy groups -OCH3 is 1. The molecule has 1 unspecified atom stereocenters. The number of nitrogens with zero attached hydrogens (tertiary/aromatic N) is 1. The molecule has 148 valence electrons. The van der Waals surface area contributed by atoms with E-state index in [1.54, 1.807) is 38.3 Å². The summed E-state index contributed by atoms with van der Waals surface area (Å²) in [7, 11) is 1.54. The van der Waals surface area contributed by atoms with Crippen molar-refractivity contribution in [3.05, 3.63) is 77.9 Å². The maximum Gasteiger partial charge on any atom is 0.195 e. The molecule has 1 N–H and O–H groups in total. The zero-order valence-corrected chi connectivity index (χ0v) is 16.4. The fourth-order valence-electron chi connectivity index (χ4n) is 3.59. The predicted molar refractivity (Wildman–Crippen MR) is 117 cm³/mol. The highest BCUT2D eigenvalue weighted by Crippen LogP contribution is 2.31. The van der Waals surface area contributed by atoms with Gasteiger partial charge < -0.3 is 14.4 Å². The van der Waals surface area contributed by atoms with Crippen LogP contribution in [0.25, 0.3) is 21.7 Å². The van der Waals surface area contributed by atoms with Gasteiger partial charge in [-0.05, 0) is 43.3 Å². The highest BCUT2D eigenvalue weighted by molar-refractivity contribution is 6.21. The fraction of sp³-hybridized carbons (Fsp3) is 0.240. The quantitative estimate of drug-likeness (QED) is 0.440. The molecule has 0 aliphatic carbocycles. The van der Waals surface area contributed by atoms with Crippen molar-refractivity contribution in [1.29, 1.82) is 0 Å². The molecule has 0 saturated heterocycles. The maximum atomic E-state index is 13.9. The van der Waals surface area contributed by atoms with E-state index in [0.29, 0.717) is 29.5 Å². The van der Waals surface area contributed by atoms with E-state index in [1.807, 2.05) is 12.1 Å². The molecule has 0 bridgehead atoms. The Morgan fingerprint density at radius 2 is 1.86 bits per heavy atom. The normalized spacial score (nSPS) is 14.8. The smallest absolute Gasteiger partial charge is 0.195 e. The van der Waals surface area contributed by atoms with E-state index in [-0.39, 0.29) is 41.3 Å². The van der Waals surface area contributed by atoms with Crippen molar-refractivity contribution < 1.29 is 21.5 Å². The maximum absolute atomic E-state index is 13.9. The number of para-hydroxylation sites is 1. The Labute approximate surface area is 177 Å². The van der Waals surface area contributed by atoms with Crippen LogP contribution in [-0.4, -0.2) is 28.7 Å². The van der Waals surface area contributed by atoms with Crippen LogP contribution in [-0.2, 0) is 6.54 Å². The first-order valence-corrected chi connectivity index (χ1v) is 9.56. The molecular formula is C25H25NO3. The predicted octanol–water partition coefficient (Wildman–Crippen LogP) is 5.20. The minimum absolute atomic E-state index is 0.0398. The molecule has 29 heavy (non-hydrogen) atoms. The van der Waals surface area contributed by atoms with Crippen molar-refractivity contribution in [2.45, 2.75) is 32.4 Å². The Balaban J connectivity index is 2.01. The standard InChI is InChI=1S/C25H25NO3/c1-17(27)8-7-15-26-16-22(19-10-5-6-12-23(19)26)25(28)21-13-14-24(29-2)20-11-4-3-9-18(20)21/h3-6,9-14,16-17,27H,7-8,15H2,1-2H3/i5D,6D,10D,12D,16D. The molecule has 4 aromatic rings. The summed E-state index contributed by atoms with van der Waals surface area (Å²) in [5.41, 5.74) is 0.387. The third kappa shape index (κ3) is 3.64. The van der Waals surface area contributed by atoms with Gasteiger partial charge in [0.25, 0.3) is 0 Å². The molecule has 0 spiro atoms. The molecular weight excluding hydrogens is 362 g/mol. The second-order valence-corrected chi connectivity index (χ2v) is 7.04. The average Bonchev–Trinajstić information content (AvgIpc) is 3.12. The third-order valence-corrected chi connectivity index (χ3v) is 5.01. The van der Waals surface area contributed by atoms with Crippen LogP contribution in [0.1, 0.15) is 42.5 Å². The van der Waals surface area contributed by atoms with E-state index < -0.39 is 24.0 Å². The molecule has 1 heterocycles. The number of carbonyl (C=O) groups is 1. The van der Waals surface area contributed by atoms with Crippen molar-refractivity contribution in [1.82, 2.24) is 4.57 Å². The number of carbonyl (C=O) groups excluding carboxylic acids is 1. The van der Waals surface area contributed by atoms with Gasteiger partial charge in [0.2, 0.25) is 0 Å². The lowest BCUT2D eigenvalue weighted by molar-refractivity contribution is 0.104. The Morgan fingerprint density at radius 3 is 2.62 bits per heavy atom. The molecule has 1 atom stereocenters. The van der Waals surface area contributed by atoms with Gasteiger partial charge in [0.05, 0.1) is 20.1 Å². The molecule has 0 saturated carbocycles. The number of rotatable bonds is 7. The van der Waals surface area contributed by atoms with Crippen LogP contribution in [0.5, 0.6) is 5.75 Å². The minimum atomic E-state index is -0.545. The summed E-state index contributed by atoms with van der Waals surface area (Å²) in [6.07, 6.45) is 0.223. The molecule has 4 nitrogen and oxygen atoms in total. The van der Waals surface area contributed by atoms with Gasteiger partial charge in [0.15, 0.2) is 5.78 Å². The monoisotopic (exact) mass is 392 g/mol. The summed E-state index contributed by atoms with van der Waals surface area (Å²) in [5, 5.41) is 11.0. The van der Waals surface area contributed by atoms with Crippen molar-refractivity contribution in [3.8, 4) is 5.75 Å². The summed E-state index contributed by atoms with van der Waals surface area (Å²) in [6.45, 7) is 1.89. The lowest BCUT2D eigenvalue weighted by atomic mass is 9.96. The number of benzene rings is 3. The van der Waals surface area contributed by atoms with Gasteiger partial charge in [-0.3, -0.25) is 4.79 Å². The van der Waals surface area contributed by atoms with Crippen LogP contribution >= 0.6 is 0 Å². The molecule has 0 aliphatic rings. The fourth-order valence-corrected chi connectivity index (χ4v) is 3.59. The van der Waals surface area contributed by atoms with Crippen molar-refractivity contribution in [3.63, 3.8) is 0 Å². The van der Waals surface area contributed by atoms with Gasteiger partial charge >= 0.3 is 0 Å². The number of aliphatic hydroxyl groups excluding tert-OH is 1. The molecule has 0 amide bonds. The lowest BCUT2D eigenvalue weighted by Gasteiger charge is -2.09. The highest BCUT2D eigenvalue weighted by Gasteiger charge is 2.19. The largest absolute Gasteiger partial charge is 0.496 e. The molecule has 0 radical (unpaired) electrons. The number of ketones is 1. The Morgan fingerprint density at radius 1 is 1.10 bits per heavy atom. The van der Waals surface area contributed by atoms with Crippen LogP contribution in [0.4, 0.5) is 0 Å². The van der Waals surface area contributed by atoms with Gasteiger partial charge in [0.1, 0.15) is 5.75 Å². The average molecular weight is 393 g/mol. The zero-order valence-electron chi connectivity index (χ0n) is 21.4. The zero-order chi connectivity index (χ0) is 24.7. The third-order valence-electron chi connectivity index (χ3n) is 5.01. The topological polar surface area (TPSA) is 51.5 Å². The first-order chi connectivity index (χ1) is 16.2. The number of ether oxygens (including phenoxy) is 1. The van der Waals surface area contributed by atoms with E-state index in [4.69, 9.17) is 11.6 Å². The van der Waals surface area contributed by atoms with Crippen LogP contribution < -0.4 is 4.74 Å². The molecule has 3 aromatic carbocycles. The minimum Gasteiger partial charge on any atom is -0.496 e. The van der Waals surface area contributed by atoms with Crippen LogP contribution in [0, 0.1) is 0 Å². The van der Waals surface area contributed by atoms with Gasteiger partial charge in [-0.1, -0.05) is 42.4 Å². The molecule has 4 rings (SSSR count). The van der Waals surface area contributed by atoms with Crippen LogP contribution in [0.2, 0.25) is 0 Å². The number of aliphatic hydroxyl groups is 1. The van der Waals surface area contributed by atoms with Crippen LogP contribution in [0.3, 0.4) is 0 Å². The van der Waals surface area contributed by atoms with E-state index in [2.05, 4.69) is 0 Å². The molecule has 0 fully saturated rings. The van der Waals surface area contributed by atoms with E-state index in [9.17, 15) is 9.90 Å². The van der Waals surface area contributed by atoms with E-state index in [0.717, 1.165) is 5.39 Å². The van der Waals surface area contributed by atoms with Gasteiger partial charge in [-0.25, -0.2) is 0 Å². The van der Waals surface area contributed by atoms with Gasteiger partial charge in [-0.15, -0.1) is 0 Å². The number of fused-ring (bicyclic) bond motifs is 2. The second kappa shape index (κ2) is 8.10. The van der Waals surface area contributed by atoms with Crippen LogP contribution in [0.15, 0.2) is 66.7 Å². The van der Waals surface area contributed by atoms with Crippen molar-refractivity contribution in [2.24, 2.45) is 0 Å². The molecule has 0 aliphatic heterocycles. The summed E-state index contributed by atoms with van der Waals surface area (Å²) < 4.78 is 48.9. The van der Waals surface area contributed by atoms with Crippen molar-refractivity contribution >= 4 is 27.5 Å². The number of hydrogen-bond acceptors (Lipinski definition) is 3. The first-order valence-electron chi connectivity index (χ1n) is 12.1. The van der Waals surface area contributed by atoms with E-state index >= 15 is 0 Å². The lowest BCUT2D eigenvalue weighted by Crippen LogP contribution is -2.04. The number of aromatic nitrogens is 1. The summed E-state index contributed by atoms with van der Waals surface area (Å²) in [4.78, 5) is 13.9. The summed E-state index contributed by atoms with van der Waals surface area (Å²) in [5.74, 6) is 0.105. The SMILES string of the molecule is [2H]c1c([2H])c([2H])c2c(c1[2H])c(C(=O)c1ccc(OC)c3ccccc13)c([2H])n2CCCC(C)O. The number of hydrogen-bond donors (Lipinski definition) is 1. The molecule has 1 aromatic heterocycles.